The molecule has 0 aliphatic carbocycles. The molecule has 0 fully saturated rings. The molecule has 108 valence electrons. The van der Waals surface area contributed by atoms with Crippen LogP contribution < -0.4 is 5.32 Å². The Labute approximate surface area is 143 Å². The minimum Gasteiger partial charge on any atom is -0.478 e. The molecule has 4 nitrogen and oxygen atoms in total. The number of aryl methyl sites for hydroxylation is 1. The highest BCUT2D eigenvalue weighted by molar-refractivity contribution is 14.1. The lowest BCUT2D eigenvalue weighted by Gasteiger charge is -2.10. The van der Waals surface area contributed by atoms with E-state index in [0.29, 0.717) is 10.0 Å². The summed E-state index contributed by atoms with van der Waals surface area (Å²) in [5, 5.41) is 11.8. The summed E-state index contributed by atoms with van der Waals surface area (Å²) in [7, 11) is 0. The molecule has 6 heteroatoms. The van der Waals surface area contributed by atoms with Gasteiger partial charge in [0.15, 0.2) is 0 Å². The smallest absolute Gasteiger partial charge is 0.337 e. The molecule has 2 N–H and O–H groups in total. The SMILES string of the molecule is Cc1ccc(C(=O)Nc2ccc(I)cc2C(=O)O)c(Br)c1. The van der Waals surface area contributed by atoms with Gasteiger partial charge in [0, 0.05) is 8.04 Å². The molecular formula is C15H11BrINO3. The van der Waals surface area contributed by atoms with Gasteiger partial charge in [-0.25, -0.2) is 4.79 Å². The number of carbonyl (C=O) groups excluding carboxylic acids is 1. The van der Waals surface area contributed by atoms with Crippen LogP contribution in [0.1, 0.15) is 26.3 Å². The molecule has 1 amide bonds. The number of halogens is 2. The molecule has 0 bridgehead atoms. The Kier molecular flexibility index (Phi) is 5.00. The summed E-state index contributed by atoms with van der Waals surface area (Å²) >= 11 is 5.37. The Balaban J connectivity index is 2.34. The van der Waals surface area contributed by atoms with Crippen molar-refractivity contribution in [2.24, 2.45) is 0 Å². The van der Waals surface area contributed by atoms with E-state index in [2.05, 4.69) is 21.2 Å². The molecule has 0 saturated carbocycles. The minimum absolute atomic E-state index is 0.0680. The first-order valence-corrected chi connectivity index (χ1v) is 7.86. The maximum Gasteiger partial charge on any atom is 0.337 e. The second-order valence-corrected chi connectivity index (χ2v) is 6.53. The van der Waals surface area contributed by atoms with Crippen molar-refractivity contribution < 1.29 is 14.7 Å². The van der Waals surface area contributed by atoms with Gasteiger partial charge in [0.05, 0.1) is 16.8 Å². The number of amides is 1. The monoisotopic (exact) mass is 459 g/mol. The van der Waals surface area contributed by atoms with Gasteiger partial charge < -0.3 is 10.4 Å². The standard InChI is InChI=1S/C15H11BrINO3/c1-8-2-4-10(12(16)6-8)14(19)18-13-5-3-9(17)7-11(13)15(20)21/h2-7H,1H3,(H,18,19)(H,20,21). The van der Waals surface area contributed by atoms with Crippen LogP contribution in [0.15, 0.2) is 40.9 Å². The summed E-state index contributed by atoms with van der Waals surface area (Å²) in [4.78, 5) is 23.5. The normalized spacial score (nSPS) is 10.2. The maximum absolute atomic E-state index is 12.3. The van der Waals surface area contributed by atoms with Crippen molar-refractivity contribution in [3.8, 4) is 0 Å². The molecule has 0 aliphatic rings. The summed E-state index contributed by atoms with van der Waals surface area (Å²) in [6.07, 6.45) is 0. The lowest BCUT2D eigenvalue weighted by Crippen LogP contribution is -2.15. The summed E-state index contributed by atoms with van der Waals surface area (Å²) in [5.41, 5.74) is 1.83. The van der Waals surface area contributed by atoms with Crippen molar-refractivity contribution in [2.75, 3.05) is 5.32 Å². The molecule has 0 saturated heterocycles. The van der Waals surface area contributed by atoms with Crippen molar-refractivity contribution in [2.45, 2.75) is 6.92 Å². The lowest BCUT2D eigenvalue weighted by molar-refractivity contribution is 0.0698. The molecule has 0 aromatic heterocycles. The Morgan fingerprint density at radius 1 is 1.14 bits per heavy atom. The maximum atomic E-state index is 12.3. The van der Waals surface area contributed by atoms with Gasteiger partial charge >= 0.3 is 5.97 Å². The third kappa shape index (κ3) is 3.82. The largest absolute Gasteiger partial charge is 0.478 e. The summed E-state index contributed by atoms with van der Waals surface area (Å²) in [6.45, 7) is 1.92. The number of hydrogen-bond acceptors (Lipinski definition) is 2. The number of carboxylic acid groups (broad SMARTS) is 1. The molecule has 21 heavy (non-hydrogen) atoms. The van der Waals surface area contributed by atoms with E-state index in [-0.39, 0.29) is 17.2 Å². The fraction of sp³-hybridized carbons (Fsp3) is 0.0667. The number of carboxylic acids is 1. The molecule has 0 aliphatic heterocycles. The van der Waals surface area contributed by atoms with Crippen molar-refractivity contribution in [3.63, 3.8) is 0 Å². The van der Waals surface area contributed by atoms with Gasteiger partial charge in [-0.2, -0.15) is 0 Å². The van der Waals surface area contributed by atoms with E-state index in [1.165, 1.54) is 6.07 Å². The molecule has 2 aromatic rings. The van der Waals surface area contributed by atoms with Crippen LogP contribution in [0.4, 0.5) is 5.69 Å². The average molecular weight is 460 g/mol. The Hall–Kier alpha value is -1.41. The summed E-state index contributed by atoms with van der Waals surface area (Å²) < 4.78 is 1.46. The molecule has 0 spiro atoms. The number of rotatable bonds is 3. The average Bonchev–Trinajstić information content (AvgIpc) is 2.40. The molecule has 0 radical (unpaired) electrons. The van der Waals surface area contributed by atoms with Gasteiger partial charge in [-0.1, -0.05) is 6.07 Å². The van der Waals surface area contributed by atoms with Crippen LogP contribution in [0.2, 0.25) is 0 Å². The van der Waals surface area contributed by atoms with Crippen LogP contribution in [-0.2, 0) is 0 Å². The van der Waals surface area contributed by atoms with Crippen molar-refractivity contribution >= 4 is 56.1 Å². The van der Waals surface area contributed by atoms with E-state index in [0.717, 1.165) is 9.13 Å². The first-order chi connectivity index (χ1) is 9.88. The van der Waals surface area contributed by atoms with Gasteiger partial charge in [-0.15, -0.1) is 0 Å². The quantitative estimate of drug-likeness (QED) is 0.672. The van der Waals surface area contributed by atoms with E-state index in [1.807, 2.05) is 41.6 Å². The second kappa shape index (κ2) is 6.57. The first kappa shape index (κ1) is 16.0. The van der Waals surface area contributed by atoms with Crippen molar-refractivity contribution in [1.29, 1.82) is 0 Å². The van der Waals surface area contributed by atoms with E-state index in [9.17, 15) is 14.7 Å². The predicted molar refractivity (Wildman–Crippen MR) is 93.0 cm³/mol. The summed E-state index contributed by atoms with van der Waals surface area (Å²) in [5.74, 6) is -1.43. The Morgan fingerprint density at radius 2 is 1.86 bits per heavy atom. The first-order valence-electron chi connectivity index (χ1n) is 5.99. The van der Waals surface area contributed by atoms with Crippen LogP contribution in [-0.4, -0.2) is 17.0 Å². The number of nitrogens with one attached hydrogen (secondary N) is 1. The second-order valence-electron chi connectivity index (χ2n) is 4.43. The highest BCUT2D eigenvalue weighted by atomic mass is 127. The Morgan fingerprint density at radius 3 is 2.48 bits per heavy atom. The number of anilines is 1. The molecule has 2 rings (SSSR count). The van der Waals surface area contributed by atoms with Crippen LogP contribution in [0.3, 0.4) is 0 Å². The van der Waals surface area contributed by atoms with Crippen molar-refractivity contribution in [3.05, 3.63) is 61.1 Å². The number of hydrogen-bond donors (Lipinski definition) is 2. The third-order valence-electron chi connectivity index (χ3n) is 2.83. The van der Waals surface area contributed by atoms with Crippen LogP contribution in [0.5, 0.6) is 0 Å². The predicted octanol–water partition coefficient (Wildman–Crippen LogP) is 4.31. The zero-order valence-electron chi connectivity index (χ0n) is 11.0. The van der Waals surface area contributed by atoms with Crippen LogP contribution in [0.25, 0.3) is 0 Å². The zero-order valence-corrected chi connectivity index (χ0v) is 14.7. The summed E-state index contributed by atoms with van der Waals surface area (Å²) in [6, 6.07) is 10.2. The number of benzene rings is 2. The van der Waals surface area contributed by atoms with E-state index in [1.54, 1.807) is 18.2 Å². The van der Waals surface area contributed by atoms with E-state index >= 15 is 0 Å². The van der Waals surface area contributed by atoms with E-state index < -0.39 is 5.97 Å². The Bertz CT molecular complexity index is 731. The van der Waals surface area contributed by atoms with Gasteiger partial charge in [0.1, 0.15) is 0 Å². The highest BCUT2D eigenvalue weighted by Gasteiger charge is 2.15. The molecule has 2 aromatic carbocycles. The van der Waals surface area contributed by atoms with E-state index in [4.69, 9.17) is 0 Å². The molecular weight excluding hydrogens is 449 g/mol. The van der Waals surface area contributed by atoms with Gasteiger partial charge in [-0.3, -0.25) is 4.79 Å². The zero-order chi connectivity index (χ0) is 15.6. The lowest BCUT2D eigenvalue weighted by atomic mass is 10.1. The van der Waals surface area contributed by atoms with Gasteiger partial charge in [0.2, 0.25) is 0 Å². The number of aromatic carboxylic acids is 1. The number of carbonyl (C=O) groups is 2. The van der Waals surface area contributed by atoms with Gasteiger partial charge in [-0.05, 0) is 81.3 Å². The minimum atomic E-state index is -1.08. The van der Waals surface area contributed by atoms with Crippen LogP contribution in [0, 0.1) is 10.5 Å². The van der Waals surface area contributed by atoms with Crippen molar-refractivity contribution in [1.82, 2.24) is 0 Å². The molecule has 0 heterocycles. The topological polar surface area (TPSA) is 66.4 Å². The fourth-order valence-electron chi connectivity index (χ4n) is 1.80. The van der Waals surface area contributed by atoms with Crippen LogP contribution >= 0.6 is 38.5 Å². The fourth-order valence-corrected chi connectivity index (χ4v) is 2.96. The molecule has 0 unspecified atom stereocenters. The third-order valence-corrected chi connectivity index (χ3v) is 4.16. The highest BCUT2D eigenvalue weighted by Crippen LogP contribution is 2.23. The molecule has 0 atom stereocenters. The van der Waals surface area contributed by atoms with Gasteiger partial charge in [0.25, 0.3) is 5.91 Å².